The van der Waals surface area contributed by atoms with E-state index in [0.29, 0.717) is 5.56 Å². The Morgan fingerprint density at radius 2 is 1.80 bits per heavy atom. The first kappa shape index (κ1) is 15.4. The van der Waals surface area contributed by atoms with Crippen LogP contribution in [-0.2, 0) is 0 Å². The van der Waals surface area contributed by atoms with E-state index in [9.17, 15) is 10.1 Å². The molecule has 0 aliphatic heterocycles. The van der Waals surface area contributed by atoms with E-state index in [1.165, 1.54) is 0 Å². The number of hydrogen-bond donors (Lipinski definition) is 1. The second-order valence-electron chi connectivity index (χ2n) is 5.85. The minimum absolute atomic E-state index is 0.158. The predicted molar refractivity (Wildman–Crippen MR) is 103 cm³/mol. The third-order valence-electron chi connectivity index (χ3n) is 4.23. The summed E-state index contributed by atoms with van der Waals surface area (Å²) in [6.07, 6.45) is 0. The van der Waals surface area contributed by atoms with Crippen molar-refractivity contribution in [2.24, 2.45) is 0 Å². The van der Waals surface area contributed by atoms with E-state index in [1.54, 1.807) is 11.3 Å². The number of pyridine rings is 1. The molecular formula is C21H14N2OS. The van der Waals surface area contributed by atoms with Crippen molar-refractivity contribution >= 4 is 22.1 Å². The fourth-order valence-corrected chi connectivity index (χ4v) is 3.94. The Morgan fingerprint density at radius 1 is 1.00 bits per heavy atom. The van der Waals surface area contributed by atoms with Gasteiger partial charge in [-0.05, 0) is 35.9 Å². The van der Waals surface area contributed by atoms with Crippen LogP contribution in [-0.4, -0.2) is 4.98 Å². The highest BCUT2D eigenvalue weighted by atomic mass is 32.1. The highest BCUT2D eigenvalue weighted by molar-refractivity contribution is 7.15. The minimum Gasteiger partial charge on any atom is -0.321 e. The molecule has 120 valence electrons. The molecule has 0 unspecified atom stereocenters. The van der Waals surface area contributed by atoms with Crippen LogP contribution < -0.4 is 5.56 Å². The second-order valence-corrected chi connectivity index (χ2v) is 7.14. The lowest BCUT2D eigenvalue weighted by Crippen LogP contribution is -2.12. The molecule has 2 aromatic heterocycles. The lowest BCUT2D eigenvalue weighted by atomic mass is 9.99. The van der Waals surface area contributed by atoms with E-state index in [0.717, 1.165) is 31.8 Å². The maximum atomic E-state index is 12.5. The highest BCUT2D eigenvalue weighted by Gasteiger charge is 2.14. The smallest absolute Gasteiger partial charge is 0.267 e. The molecule has 0 amide bonds. The van der Waals surface area contributed by atoms with Crippen LogP contribution in [0.1, 0.15) is 10.4 Å². The zero-order chi connectivity index (χ0) is 17.4. The minimum atomic E-state index is -0.353. The number of nitriles is 1. The Labute approximate surface area is 148 Å². The van der Waals surface area contributed by atoms with Crippen LogP contribution in [0, 0.1) is 18.3 Å². The van der Waals surface area contributed by atoms with Gasteiger partial charge in [0.1, 0.15) is 11.6 Å². The maximum absolute atomic E-state index is 12.5. The van der Waals surface area contributed by atoms with E-state index in [1.807, 2.05) is 67.6 Å². The number of aromatic amines is 1. The zero-order valence-electron chi connectivity index (χ0n) is 13.5. The molecule has 2 aromatic carbocycles. The number of aromatic nitrogens is 1. The third-order valence-corrected chi connectivity index (χ3v) is 5.26. The molecule has 3 nitrogen and oxygen atoms in total. The first-order chi connectivity index (χ1) is 12.2. The Bertz CT molecular complexity index is 1190. The number of aryl methyl sites for hydroxylation is 1. The molecule has 0 radical (unpaired) electrons. The van der Waals surface area contributed by atoms with Crippen molar-refractivity contribution in [3.63, 3.8) is 0 Å². The van der Waals surface area contributed by atoms with E-state index >= 15 is 0 Å². The van der Waals surface area contributed by atoms with Crippen LogP contribution in [0.3, 0.4) is 0 Å². The number of thiophene rings is 1. The van der Waals surface area contributed by atoms with Crippen LogP contribution in [0.15, 0.2) is 65.5 Å². The Kier molecular flexibility index (Phi) is 3.72. The van der Waals surface area contributed by atoms with Crippen molar-refractivity contribution in [2.75, 3.05) is 0 Å². The summed E-state index contributed by atoms with van der Waals surface area (Å²) in [6.45, 7) is 2.01. The normalized spacial score (nSPS) is 10.7. The van der Waals surface area contributed by atoms with Crippen LogP contribution in [0.4, 0.5) is 0 Å². The van der Waals surface area contributed by atoms with Crippen molar-refractivity contribution in [3.05, 3.63) is 81.5 Å². The number of H-pyrrole nitrogens is 1. The van der Waals surface area contributed by atoms with Gasteiger partial charge >= 0.3 is 0 Å². The predicted octanol–water partition coefficient (Wildman–Crippen LogP) is 5.10. The first-order valence-electron chi connectivity index (χ1n) is 7.90. The topological polar surface area (TPSA) is 56.6 Å². The highest BCUT2D eigenvalue weighted by Crippen LogP contribution is 2.33. The van der Waals surface area contributed by atoms with Crippen LogP contribution in [0.5, 0.6) is 0 Å². The van der Waals surface area contributed by atoms with Gasteiger partial charge in [0.25, 0.3) is 5.56 Å². The number of nitrogens with one attached hydrogen (secondary N) is 1. The lowest BCUT2D eigenvalue weighted by Gasteiger charge is -2.09. The van der Waals surface area contributed by atoms with Crippen molar-refractivity contribution in [1.29, 1.82) is 5.26 Å². The third kappa shape index (κ3) is 2.65. The van der Waals surface area contributed by atoms with Gasteiger partial charge in [-0.1, -0.05) is 42.5 Å². The second kappa shape index (κ2) is 6.04. The number of hydrogen-bond acceptors (Lipinski definition) is 3. The molecule has 4 heteroatoms. The standard InChI is InChI=1S/C21H14N2OS/c1-13-9-10-20(25-13)17-11-19(23-21(24)18(17)12-22)16-8-4-6-14-5-2-3-7-15(14)16/h2-11H,1H3,(H,23,24). The number of rotatable bonds is 2. The summed E-state index contributed by atoms with van der Waals surface area (Å²) in [6, 6.07) is 22.0. The fourth-order valence-electron chi connectivity index (χ4n) is 3.05. The maximum Gasteiger partial charge on any atom is 0.267 e. The van der Waals surface area contributed by atoms with E-state index in [4.69, 9.17) is 0 Å². The van der Waals surface area contributed by atoms with Crippen molar-refractivity contribution in [2.45, 2.75) is 6.92 Å². The molecule has 25 heavy (non-hydrogen) atoms. The largest absolute Gasteiger partial charge is 0.321 e. The molecule has 0 aliphatic carbocycles. The summed E-state index contributed by atoms with van der Waals surface area (Å²) in [5.41, 5.74) is 2.17. The molecule has 0 spiro atoms. The quantitative estimate of drug-likeness (QED) is 0.551. The molecule has 4 aromatic rings. The summed E-state index contributed by atoms with van der Waals surface area (Å²) in [5.74, 6) is 0. The van der Waals surface area contributed by atoms with Crippen molar-refractivity contribution in [3.8, 4) is 27.8 Å². The van der Waals surface area contributed by atoms with Gasteiger partial charge in [-0.2, -0.15) is 5.26 Å². The molecule has 0 saturated heterocycles. The van der Waals surface area contributed by atoms with Gasteiger partial charge in [-0.3, -0.25) is 4.79 Å². The molecule has 0 fully saturated rings. The number of benzene rings is 2. The summed E-state index contributed by atoms with van der Waals surface area (Å²) >= 11 is 1.58. The molecule has 0 saturated carbocycles. The molecule has 0 atom stereocenters. The molecule has 1 N–H and O–H groups in total. The molecular weight excluding hydrogens is 328 g/mol. The lowest BCUT2D eigenvalue weighted by molar-refractivity contribution is 1.22. The van der Waals surface area contributed by atoms with Crippen molar-refractivity contribution < 1.29 is 0 Å². The monoisotopic (exact) mass is 342 g/mol. The fraction of sp³-hybridized carbons (Fsp3) is 0.0476. The Hall–Kier alpha value is -3.16. The van der Waals surface area contributed by atoms with Gasteiger partial charge in [0, 0.05) is 26.6 Å². The van der Waals surface area contributed by atoms with Gasteiger partial charge in [-0.15, -0.1) is 11.3 Å². The van der Waals surface area contributed by atoms with E-state index in [-0.39, 0.29) is 11.1 Å². The summed E-state index contributed by atoms with van der Waals surface area (Å²) in [5, 5.41) is 11.6. The SMILES string of the molecule is Cc1ccc(-c2cc(-c3cccc4ccccc34)[nH]c(=O)c2C#N)s1. The van der Waals surface area contributed by atoms with Crippen LogP contribution in [0.25, 0.3) is 32.5 Å². The van der Waals surface area contributed by atoms with Gasteiger partial charge in [0.2, 0.25) is 0 Å². The summed E-state index contributed by atoms with van der Waals surface area (Å²) < 4.78 is 0. The zero-order valence-corrected chi connectivity index (χ0v) is 14.4. The van der Waals surface area contributed by atoms with Crippen LogP contribution >= 0.6 is 11.3 Å². The van der Waals surface area contributed by atoms with Gasteiger partial charge in [0.05, 0.1) is 0 Å². The summed E-state index contributed by atoms with van der Waals surface area (Å²) in [4.78, 5) is 17.5. The Balaban J connectivity index is 2.02. The van der Waals surface area contributed by atoms with Gasteiger partial charge in [-0.25, -0.2) is 0 Å². The number of fused-ring (bicyclic) bond motifs is 1. The number of nitrogens with zero attached hydrogens (tertiary/aromatic N) is 1. The molecule has 2 heterocycles. The Morgan fingerprint density at radius 3 is 2.56 bits per heavy atom. The average molecular weight is 342 g/mol. The summed E-state index contributed by atoms with van der Waals surface area (Å²) in [7, 11) is 0. The van der Waals surface area contributed by atoms with E-state index < -0.39 is 0 Å². The van der Waals surface area contributed by atoms with Crippen LogP contribution in [0.2, 0.25) is 0 Å². The van der Waals surface area contributed by atoms with Gasteiger partial charge < -0.3 is 4.98 Å². The molecule has 4 rings (SSSR count). The van der Waals surface area contributed by atoms with E-state index in [2.05, 4.69) is 11.1 Å². The molecule has 0 bridgehead atoms. The van der Waals surface area contributed by atoms with Gasteiger partial charge in [0.15, 0.2) is 0 Å². The average Bonchev–Trinajstić information content (AvgIpc) is 3.07. The van der Waals surface area contributed by atoms with Crippen molar-refractivity contribution in [1.82, 2.24) is 4.98 Å². The molecule has 0 aliphatic rings. The first-order valence-corrected chi connectivity index (χ1v) is 8.71.